The molecular formula is C21H24N4O2. The van der Waals surface area contributed by atoms with Crippen LogP contribution in [0.5, 0.6) is 11.5 Å². The van der Waals surface area contributed by atoms with Crippen molar-refractivity contribution in [1.82, 2.24) is 9.97 Å². The Kier molecular flexibility index (Phi) is 6.46. The molecule has 2 aromatic carbocycles. The molecule has 0 fully saturated rings. The first-order valence-corrected chi connectivity index (χ1v) is 8.96. The Bertz CT molecular complexity index is 870. The summed E-state index contributed by atoms with van der Waals surface area (Å²) in [5.74, 6) is 3.14. The van der Waals surface area contributed by atoms with Crippen molar-refractivity contribution in [1.29, 1.82) is 0 Å². The van der Waals surface area contributed by atoms with E-state index in [0.717, 1.165) is 36.0 Å². The van der Waals surface area contributed by atoms with Crippen molar-refractivity contribution in [2.24, 2.45) is 0 Å². The molecule has 0 saturated heterocycles. The van der Waals surface area contributed by atoms with E-state index in [1.807, 2.05) is 55.5 Å². The number of para-hydroxylation sites is 2. The quantitative estimate of drug-likeness (QED) is 0.591. The number of benzene rings is 2. The maximum atomic E-state index is 5.64. The van der Waals surface area contributed by atoms with Crippen LogP contribution in [0.2, 0.25) is 0 Å². The minimum absolute atomic E-state index is 0.611. The fourth-order valence-corrected chi connectivity index (χ4v) is 2.67. The van der Waals surface area contributed by atoms with Crippen molar-refractivity contribution < 1.29 is 9.47 Å². The first-order valence-electron chi connectivity index (χ1n) is 8.96. The monoisotopic (exact) mass is 364 g/mol. The van der Waals surface area contributed by atoms with Crippen LogP contribution in [-0.2, 0) is 6.42 Å². The number of ether oxygens (including phenoxy) is 2. The highest BCUT2D eigenvalue weighted by Gasteiger charge is 2.05. The summed E-state index contributed by atoms with van der Waals surface area (Å²) in [5, 5.41) is 6.62. The van der Waals surface area contributed by atoms with Crippen LogP contribution in [0.15, 0.2) is 60.9 Å². The van der Waals surface area contributed by atoms with Gasteiger partial charge in [0, 0.05) is 12.6 Å². The smallest absolute Gasteiger partial charge is 0.142 e. The van der Waals surface area contributed by atoms with Crippen molar-refractivity contribution in [3.05, 3.63) is 66.5 Å². The molecule has 2 N–H and O–H groups in total. The summed E-state index contributed by atoms with van der Waals surface area (Å²) >= 11 is 0. The summed E-state index contributed by atoms with van der Waals surface area (Å²) in [4.78, 5) is 8.58. The second kappa shape index (κ2) is 9.43. The van der Waals surface area contributed by atoms with Gasteiger partial charge in [-0.25, -0.2) is 9.97 Å². The van der Waals surface area contributed by atoms with Crippen molar-refractivity contribution >= 4 is 17.3 Å². The van der Waals surface area contributed by atoms with Gasteiger partial charge >= 0.3 is 0 Å². The maximum Gasteiger partial charge on any atom is 0.142 e. The minimum atomic E-state index is 0.611. The highest BCUT2D eigenvalue weighted by atomic mass is 16.5. The van der Waals surface area contributed by atoms with Crippen molar-refractivity contribution in [3.8, 4) is 11.5 Å². The van der Waals surface area contributed by atoms with Gasteiger partial charge < -0.3 is 20.1 Å². The second-order valence-corrected chi connectivity index (χ2v) is 5.87. The van der Waals surface area contributed by atoms with E-state index < -0.39 is 0 Å². The molecule has 0 aliphatic carbocycles. The van der Waals surface area contributed by atoms with Crippen LogP contribution in [0.1, 0.15) is 12.5 Å². The molecule has 27 heavy (non-hydrogen) atoms. The molecule has 6 nitrogen and oxygen atoms in total. The summed E-state index contributed by atoms with van der Waals surface area (Å²) in [5.41, 5.74) is 2.08. The van der Waals surface area contributed by atoms with Crippen LogP contribution in [-0.4, -0.2) is 30.2 Å². The molecule has 0 amide bonds. The van der Waals surface area contributed by atoms with Gasteiger partial charge in [0.2, 0.25) is 0 Å². The fraction of sp³-hybridized carbons (Fsp3) is 0.238. The normalized spacial score (nSPS) is 10.3. The largest absolute Gasteiger partial charge is 0.497 e. The predicted molar refractivity (Wildman–Crippen MR) is 108 cm³/mol. The summed E-state index contributed by atoms with van der Waals surface area (Å²) < 4.78 is 10.9. The van der Waals surface area contributed by atoms with Gasteiger partial charge in [0.15, 0.2) is 0 Å². The first-order chi connectivity index (χ1) is 13.3. The molecule has 0 aliphatic heterocycles. The lowest BCUT2D eigenvalue weighted by molar-refractivity contribution is 0.342. The maximum absolute atomic E-state index is 5.64. The summed E-state index contributed by atoms with van der Waals surface area (Å²) in [6, 6.07) is 17.7. The number of nitrogens with one attached hydrogen (secondary N) is 2. The van der Waals surface area contributed by atoms with Gasteiger partial charge in [-0.05, 0) is 43.2 Å². The number of anilines is 3. The van der Waals surface area contributed by atoms with E-state index in [4.69, 9.17) is 9.47 Å². The molecule has 0 aliphatic rings. The second-order valence-electron chi connectivity index (χ2n) is 5.87. The van der Waals surface area contributed by atoms with E-state index in [1.165, 1.54) is 5.56 Å². The molecule has 1 aromatic heterocycles. The van der Waals surface area contributed by atoms with Gasteiger partial charge in [0.05, 0.1) is 19.4 Å². The third-order valence-corrected chi connectivity index (χ3v) is 3.97. The summed E-state index contributed by atoms with van der Waals surface area (Å²) in [6.07, 6.45) is 2.41. The molecule has 0 saturated carbocycles. The zero-order valence-corrected chi connectivity index (χ0v) is 15.6. The van der Waals surface area contributed by atoms with E-state index in [9.17, 15) is 0 Å². The Hall–Kier alpha value is -3.28. The topological polar surface area (TPSA) is 68.3 Å². The number of methoxy groups -OCH3 is 1. The summed E-state index contributed by atoms with van der Waals surface area (Å²) in [6.45, 7) is 3.34. The van der Waals surface area contributed by atoms with E-state index in [1.54, 1.807) is 13.4 Å². The molecule has 3 aromatic rings. The Morgan fingerprint density at radius 2 is 1.81 bits per heavy atom. The van der Waals surface area contributed by atoms with Gasteiger partial charge in [-0.15, -0.1) is 0 Å². The Morgan fingerprint density at radius 1 is 0.963 bits per heavy atom. The number of rotatable bonds is 9. The highest BCUT2D eigenvalue weighted by Crippen LogP contribution is 2.27. The molecule has 0 atom stereocenters. The molecule has 6 heteroatoms. The van der Waals surface area contributed by atoms with Crippen molar-refractivity contribution in [3.63, 3.8) is 0 Å². The van der Waals surface area contributed by atoms with Gasteiger partial charge in [0.25, 0.3) is 0 Å². The number of hydrogen-bond acceptors (Lipinski definition) is 6. The van der Waals surface area contributed by atoms with Crippen molar-refractivity contribution in [2.45, 2.75) is 13.3 Å². The minimum Gasteiger partial charge on any atom is -0.497 e. The predicted octanol–water partition coefficient (Wildman–Crippen LogP) is 4.28. The molecule has 0 spiro atoms. The lowest BCUT2D eigenvalue weighted by Crippen LogP contribution is -2.07. The van der Waals surface area contributed by atoms with Crippen LogP contribution in [0.3, 0.4) is 0 Å². The lowest BCUT2D eigenvalue weighted by atomic mass is 10.1. The van der Waals surface area contributed by atoms with Crippen LogP contribution in [0, 0.1) is 0 Å². The molecular weight excluding hydrogens is 340 g/mol. The van der Waals surface area contributed by atoms with Gasteiger partial charge in [-0.3, -0.25) is 0 Å². The summed E-state index contributed by atoms with van der Waals surface area (Å²) in [7, 11) is 1.68. The Labute approximate surface area is 159 Å². The number of aromatic nitrogens is 2. The average Bonchev–Trinajstić information content (AvgIpc) is 2.70. The van der Waals surface area contributed by atoms with Gasteiger partial charge in [-0.1, -0.05) is 24.3 Å². The molecule has 0 radical (unpaired) electrons. The van der Waals surface area contributed by atoms with E-state index in [0.29, 0.717) is 12.4 Å². The number of nitrogens with zero attached hydrogens (tertiary/aromatic N) is 2. The zero-order valence-electron chi connectivity index (χ0n) is 15.6. The third-order valence-electron chi connectivity index (χ3n) is 3.97. The Morgan fingerprint density at radius 3 is 2.67 bits per heavy atom. The van der Waals surface area contributed by atoms with Gasteiger partial charge in [-0.2, -0.15) is 0 Å². The van der Waals surface area contributed by atoms with Crippen molar-refractivity contribution in [2.75, 3.05) is 30.9 Å². The lowest BCUT2D eigenvalue weighted by Gasteiger charge is -2.12. The molecule has 0 unspecified atom stereocenters. The SMILES string of the molecule is CCOc1ccccc1Nc1cc(NCCc2cccc(OC)c2)ncn1. The van der Waals surface area contributed by atoms with Crippen LogP contribution in [0.25, 0.3) is 0 Å². The molecule has 0 bridgehead atoms. The van der Waals surface area contributed by atoms with Crippen LogP contribution >= 0.6 is 0 Å². The average molecular weight is 364 g/mol. The third kappa shape index (κ3) is 5.34. The van der Waals surface area contributed by atoms with Crippen LogP contribution < -0.4 is 20.1 Å². The molecule has 3 rings (SSSR count). The fourth-order valence-electron chi connectivity index (χ4n) is 2.67. The standard InChI is InChI=1S/C21H24N4O2/c1-3-27-19-10-5-4-9-18(19)25-21-14-20(23-15-24-21)22-12-11-16-7-6-8-17(13-16)26-2/h4-10,13-15H,3,11-12H2,1-2H3,(H2,22,23,24,25). The van der Waals surface area contributed by atoms with Gasteiger partial charge in [0.1, 0.15) is 29.5 Å². The highest BCUT2D eigenvalue weighted by molar-refractivity contribution is 5.65. The first kappa shape index (κ1) is 18.5. The van der Waals surface area contributed by atoms with Crippen LogP contribution in [0.4, 0.5) is 17.3 Å². The van der Waals surface area contributed by atoms with E-state index >= 15 is 0 Å². The molecule has 1 heterocycles. The van der Waals surface area contributed by atoms with E-state index in [-0.39, 0.29) is 0 Å². The zero-order chi connectivity index (χ0) is 18.9. The molecule has 140 valence electrons. The number of hydrogen-bond donors (Lipinski definition) is 2. The van der Waals surface area contributed by atoms with E-state index in [2.05, 4.69) is 26.7 Å². The Balaban J connectivity index is 1.60.